The fraction of sp³-hybridized carbons (Fsp3) is 0.136. The van der Waals surface area contributed by atoms with Crippen molar-refractivity contribution in [1.29, 1.82) is 0 Å². The van der Waals surface area contributed by atoms with E-state index in [2.05, 4.69) is 41.6 Å². The highest BCUT2D eigenvalue weighted by Crippen LogP contribution is 2.38. The summed E-state index contributed by atoms with van der Waals surface area (Å²) in [5.74, 6) is -0.00731. The zero-order valence-electron chi connectivity index (χ0n) is 14.0. The molecule has 3 nitrogen and oxygen atoms in total. The zero-order valence-corrected chi connectivity index (χ0v) is 14.0. The smallest absolute Gasteiger partial charge is 0.255 e. The molecule has 1 atom stereocenters. The van der Waals surface area contributed by atoms with Gasteiger partial charge in [-0.1, -0.05) is 61.7 Å². The van der Waals surface area contributed by atoms with Gasteiger partial charge < -0.3 is 10.2 Å². The largest absolute Gasteiger partial charge is 0.346 e. The predicted octanol–water partition coefficient (Wildman–Crippen LogP) is 4.25. The van der Waals surface area contributed by atoms with Gasteiger partial charge in [0.2, 0.25) is 0 Å². The molecule has 0 aliphatic carbocycles. The van der Waals surface area contributed by atoms with Crippen LogP contribution >= 0.6 is 0 Å². The van der Waals surface area contributed by atoms with Gasteiger partial charge in [0.25, 0.3) is 5.91 Å². The van der Waals surface area contributed by atoms with E-state index in [-0.39, 0.29) is 12.1 Å². The quantitative estimate of drug-likeness (QED) is 0.855. The van der Waals surface area contributed by atoms with E-state index in [1.54, 1.807) is 6.08 Å². The summed E-state index contributed by atoms with van der Waals surface area (Å²) in [6.07, 6.45) is 6.43. The molecule has 25 heavy (non-hydrogen) atoms. The summed E-state index contributed by atoms with van der Waals surface area (Å²) in [5.41, 5.74) is 6.39. The molecule has 2 heterocycles. The lowest BCUT2D eigenvalue weighted by molar-refractivity contribution is 0.0925. The molecular weight excluding hydrogens is 308 g/mol. The Hall–Kier alpha value is -3.07. The van der Waals surface area contributed by atoms with Gasteiger partial charge in [-0.3, -0.25) is 4.79 Å². The summed E-state index contributed by atoms with van der Waals surface area (Å²) in [6.45, 7) is 8.54. The summed E-state index contributed by atoms with van der Waals surface area (Å²) >= 11 is 0. The number of carbonyl (C=O) groups is 1. The van der Waals surface area contributed by atoms with Gasteiger partial charge in [-0.15, -0.1) is 0 Å². The Kier molecular flexibility index (Phi) is 3.77. The summed E-state index contributed by atoms with van der Waals surface area (Å²) in [5, 5.41) is 3.15. The molecule has 2 aliphatic heterocycles. The van der Waals surface area contributed by atoms with E-state index in [0.29, 0.717) is 0 Å². The standard InChI is InChI=1S/C22H20N2O/c1-3-7-15(4-2)16-10-11-18-17(14-16)12-13-24-20-9-6-5-8-19(20)22(25)23-21(18)24/h3-11,14,21H,1-2,12-13H2,(H,23,25)/b15-7+. The molecule has 124 valence electrons. The SMILES string of the molecule is C=C/C=C(\C=C)c1ccc2c(c1)CCN1c3ccccc3C(=O)NC21. The van der Waals surface area contributed by atoms with E-state index >= 15 is 0 Å². The Bertz CT molecular complexity index is 910. The number of rotatable bonds is 3. The average Bonchev–Trinajstić information content (AvgIpc) is 2.66. The van der Waals surface area contributed by atoms with Crippen molar-refractivity contribution in [3.8, 4) is 0 Å². The lowest BCUT2D eigenvalue weighted by atomic mass is 9.90. The number of carbonyl (C=O) groups excluding carboxylic acids is 1. The number of anilines is 1. The van der Waals surface area contributed by atoms with Gasteiger partial charge in [0, 0.05) is 6.54 Å². The monoisotopic (exact) mass is 328 g/mol. The number of hydrogen-bond acceptors (Lipinski definition) is 2. The number of para-hydroxylation sites is 1. The second kappa shape index (κ2) is 6.10. The molecule has 2 aromatic rings. The van der Waals surface area contributed by atoms with E-state index in [1.807, 2.05) is 36.4 Å². The number of allylic oxidation sites excluding steroid dienone is 4. The lowest BCUT2D eigenvalue weighted by Gasteiger charge is -2.43. The van der Waals surface area contributed by atoms with Gasteiger partial charge in [0.1, 0.15) is 6.17 Å². The van der Waals surface area contributed by atoms with Crippen LogP contribution in [-0.4, -0.2) is 12.5 Å². The molecule has 4 rings (SSSR count). The van der Waals surface area contributed by atoms with E-state index in [9.17, 15) is 4.79 Å². The second-order valence-electron chi connectivity index (χ2n) is 6.31. The number of nitrogens with one attached hydrogen (secondary N) is 1. The molecule has 0 radical (unpaired) electrons. The van der Waals surface area contributed by atoms with Gasteiger partial charge in [-0.25, -0.2) is 0 Å². The molecule has 0 spiro atoms. The molecule has 2 aliphatic rings. The minimum absolute atomic E-state index is 0.00731. The summed E-state index contributed by atoms with van der Waals surface area (Å²) in [6, 6.07) is 14.2. The molecule has 0 saturated heterocycles. The third-order valence-corrected chi connectivity index (χ3v) is 4.95. The van der Waals surface area contributed by atoms with E-state index in [0.717, 1.165) is 35.4 Å². The third kappa shape index (κ3) is 2.49. The number of benzene rings is 2. The molecule has 1 N–H and O–H groups in total. The van der Waals surface area contributed by atoms with E-state index in [1.165, 1.54) is 11.1 Å². The summed E-state index contributed by atoms with van der Waals surface area (Å²) in [4.78, 5) is 14.8. The summed E-state index contributed by atoms with van der Waals surface area (Å²) in [7, 11) is 0. The van der Waals surface area contributed by atoms with Crippen LogP contribution in [0.2, 0.25) is 0 Å². The highest BCUT2D eigenvalue weighted by atomic mass is 16.2. The number of fused-ring (bicyclic) bond motifs is 5. The number of nitrogens with zero attached hydrogens (tertiary/aromatic N) is 1. The Morgan fingerprint density at radius 2 is 2.04 bits per heavy atom. The minimum Gasteiger partial charge on any atom is -0.346 e. The maximum Gasteiger partial charge on any atom is 0.255 e. The molecule has 3 heteroatoms. The fourth-order valence-corrected chi connectivity index (χ4v) is 3.75. The number of hydrogen-bond donors (Lipinski definition) is 1. The van der Waals surface area contributed by atoms with Crippen molar-refractivity contribution in [3.05, 3.63) is 96.1 Å². The van der Waals surface area contributed by atoms with Gasteiger partial charge in [0.15, 0.2) is 0 Å². The van der Waals surface area contributed by atoms with Gasteiger partial charge in [-0.2, -0.15) is 0 Å². The van der Waals surface area contributed by atoms with Gasteiger partial charge in [-0.05, 0) is 40.8 Å². The van der Waals surface area contributed by atoms with Crippen LogP contribution in [0.15, 0.2) is 73.9 Å². The van der Waals surface area contributed by atoms with Crippen LogP contribution in [0.3, 0.4) is 0 Å². The first-order valence-corrected chi connectivity index (χ1v) is 8.48. The van der Waals surface area contributed by atoms with Crippen LogP contribution < -0.4 is 10.2 Å². The molecule has 1 unspecified atom stereocenters. The Labute approximate surface area is 148 Å². The predicted molar refractivity (Wildman–Crippen MR) is 103 cm³/mol. The topological polar surface area (TPSA) is 32.3 Å². The van der Waals surface area contributed by atoms with Crippen LogP contribution in [0.25, 0.3) is 5.57 Å². The summed E-state index contributed by atoms with van der Waals surface area (Å²) < 4.78 is 0. The normalized spacial score (nSPS) is 18.6. The Morgan fingerprint density at radius 1 is 1.20 bits per heavy atom. The first-order valence-electron chi connectivity index (χ1n) is 8.48. The Morgan fingerprint density at radius 3 is 2.84 bits per heavy atom. The molecule has 0 fully saturated rings. The van der Waals surface area contributed by atoms with Crippen LogP contribution in [0.1, 0.15) is 33.2 Å². The van der Waals surface area contributed by atoms with Crippen molar-refractivity contribution in [2.75, 3.05) is 11.4 Å². The van der Waals surface area contributed by atoms with Crippen LogP contribution in [0, 0.1) is 0 Å². The molecule has 0 aromatic heterocycles. The van der Waals surface area contributed by atoms with Crippen molar-refractivity contribution in [2.24, 2.45) is 0 Å². The maximum absolute atomic E-state index is 12.5. The lowest BCUT2D eigenvalue weighted by Crippen LogP contribution is -2.49. The van der Waals surface area contributed by atoms with E-state index in [4.69, 9.17) is 0 Å². The van der Waals surface area contributed by atoms with E-state index < -0.39 is 0 Å². The van der Waals surface area contributed by atoms with Crippen molar-refractivity contribution < 1.29 is 4.79 Å². The van der Waals surface area contributed by atoms with Crippen LogP contribution in [-0.2, 0) is 6.42 Å². The molecule has 0 bridgehead atoms. The van der Waals surface area contributed by atoms with Crippen molar-refractivity contribution in [3.63, 3.8) is 0 Å². The highest BCUT2D eigenvalue weighted by Gasteiger charge is 2.35. The minimum atomic E-state index is -0.101. The van der Waals surface area contributed by atoms with Crippen molar-refractivity contribution >= 4 is 17.2 Å². The van der Waals surface area contributed by atoms with Crippen molar-refractivity contribution in [2.45, 2.75) is 12.6 Å². The molecule has 1 amide bonds. The Balaban J connectivity index is 1.76. The fourth-order valence-electron chi connectivity index (χ4n) is 3.75. The van der Waals surface area contributed by atoms with Crippen LogP contribution in [0.5, 0.6) is 0 Å². The van der Waals surface area contributed by atoms with Gasteiger partial charge >= 0.3 is 0 Å². The third-order valence-electron chi connectivity index (χ3n) is 4.95. The number of amides is 1. The highest BCUT2D eigenvalue weighted by molar-refractivity contribution is 6.02. The average molecular weight is 328 g/mol. The first-order chi connectivity index (χ1) is 12.2. The molecular formula is C22H20N2O. The second-order valence-corrected chi connectivity index (χ2v) is 6.31. The van der Waals surface area contributed by atoms with Crippen molar-refractivity contribution in [1.82, 2.24) is 5.32 Å². The zero-order chi connectivity index (χ0) is 17.4. The van der Waals surface area contributed by atoms with Crippen LogP contribution in [0.4, 0.5) is 5.69 Å². The maximum atomic E-state index is 12.5. The molecule has 0 saturated carbocycles. The molecule has 2 aromatic carbocycles. The first kappa shape index (κ1) is 15.5. The van der Waals surface area contributed by atoms with Gasteiger partial charge in [0.05, 0.1) is 11.3 Å².